The monoisotopic (exact) mass is 343 g/mol. The summed E-state index contributed by atoms with van der Waals surface area (Å²) < 4.78 is 42.2. The molecule has 2 aromatic rings. The lowest BCUT2D eigenvalue weighted by atomic mass is 10.1. The van der Waals surface area contributed by atoms with Crippen molar-refractivity contribution in [2.45, 2.75) is 50.9 Å². The van der Waals surface area contributed by atoms with Gasteiger partial charge in [0.05, 0.1) is 18.0 Å². The van der Waals surface area contributed by atoms with Crippen molar-refractivity contribution >= 4 is 17.0 Å². The number of alkyl halides is 3. The largest absolute Gasteiger partial charge is 0.481 e. The highest BCUT2D eigenvalue weighted by molar-refractivity contribution is 5.79. The van der Waals surface area contributed by atoms with Gasteiger partial charge in [-0.25, -0.2) is 0 Å². The minimum atomic E-state index is -4.67. The Hall–Kier alpha value is -2.32. The minimum Gasteiger partial charge on any atom is -0.481 e. The van der Waals surface area contributed by atoms with Gasteiger partial charge < -0.3 is 5.11 Å². The number of rotatable bonds is 4. The quantitative estimate of drug-likeness (QED) is 0.926. The van der Waals surface area contributed by atoms with E-state index in [2.05, 4.69) is 5.10 Å². The fraction of sp³-hybridized carbons (Fsp3) is 0.533. The van der Waals surface area contributed by atoms with E-state index in [1.165, 1.54) is 10.9 Å². The van der Waals surface area contributed by atoms with E-state index >= 15 is 0 Å². The third-order valence-electron chi connectivity index (χ3n) is 4.35. The second-order valence-electron chi connectivity index (χ2n) is 5.97. The SMILES string of the molecule is O=C(O)CCn1c(=O)cc(C(F)(F)F)c2cn(C3CCCC3)nc21. The van der Waals surface area contributed by atoms with Crippen LogP contribution in [0.4, 0.5) is 13.2 Å². The van der Waals surface area contributed by atoms with Crippen molar-refractivity contribution in [3.63, 3.8) is 0 Å². The number of carboxylic acid groups (broad SMARTS) is 1. The summed E-state index contributed by atoms with van der Waals surface area (Å²) in [4.78, 5) is 22.8. The predicted molar refractivity (Wildman–Crippen MR) is 78.8 cm³/mol. The van der Waals surface area contributed by atoms with Gasteiger partial charge in [0.2, 0.25) is 0 Å². The molecule has 0 atom stereocenters. The van der Waals surface area contributed by atoms with Crippen LogP contribution in [0.3, 0.4) is 0 Å². The number of halogens is 3. The van der Waals surface area contributed by atoms with Gasteiger partial charge in [-0.2, -0.15) is 18.3 Å². The molecule has 1 fully saturated rings. The maximum absolute atomic E-state index is 13.3. The molecule has 130 valence electrons. The molecule has 6 nitrogen and oxygen atoms in total. The third kappa shape index (κ3) is 3.02. The van der Waals surface area contributed by atoms with E-state index in [-0.39, 0.29) is 30.0 Å². The lowest BCUT2D eigenvalue weighted by Crippen LogP contribution is -2.24. The van der Waals surface area contributed by atoms with Crippen molar-refractivity contribution in [3.05, 3.63) is 28.2 Å². The summed E-state index contributed by atoms with van der Waals surface area (Å²) >= 11 is 0. The van der Waals surface area contributed by atoms with E-state index in [1.807, 2.05) is 0 Å². The van der Waals surface area contributed by atoms with Crippen LogP contribution in [0.15, 0.2) is 17.1 Å². The van der Waals surface area contributed by atoms with Crippen LogP contribution in [-0.4, -0.2) is 25.4 Å². The first-order valence-electron chi connectivity index (χ1n) is 7.69. The lowest BCUT2D eigenvalue weighted by molar-refractivity contribution is -0.138. The summed E-state index contributed by atoms with van der Waals surface area (Å²) in [5, 5.41) is 12.8. The molecule has 1 N–H and O–H groups in total. The molecule has 24 heavy (non-hydrogen) atoms. The average molecular weight is 343 g/mol. The van der Waals surface area contributed by atoms with Gasteiger partial charge in [-0.1, -0.05) is 12.8 Å². The number of fused-ring (bicyclic) bond motifs is 1. The molecule has 0 amide bonds. The first-order chi connectivity index (χ1) is 11.3. The topological polar surface area (TPSA) is 77.1 Å². The molecular weight excluding hydrogens is 327 g/mol. The molecular formula is C15H16F3N3O3. The van der Waals surface area contributed by atoms with Crippen LogP contribution < -0.4 is 5.56 Å². The van der Waals surface area contributed by atoms with Gasteiger partial charge in [-0.15, -0.1) is 0 Å². The molecule has 2 aromatic heterocycles. The highest BCUT2D eigenvalue weighted by Gasteiger charge is 2.35. The lowest BCUT2D eigenvalue weighted by Gasteiger charge is -2.10. The summed E-state index contributed by atoms with van der Waals surface area (Å²) in [5.74, 6) is -1.13. The smallest absolute Gasteiger partial charge is 0.417 e. The molecule has 1 aliphatic rings. The molecule has 0 aliphatic heterocycles. The third-order valence-corrected chi connectivity index (χ3v) is 4.35. The van der Waals surface area contributed by atoms with Crippen LogP contribution >= 0.6 is 0 Å². The highest BCUT2D eigenvalue weighted by Crippen LogP contribution is 2.35. The molecule has 0 bridgehead atoms. The van der Waals surface area contributed by atoms with Crippen LogP contribution in [0, 0.1) is 0 Å². The standard InChI is InChI=1S/C15H16F3N3O3/c16-15(17,18)11-7-12(22)20(6-5-13(23)24)14-10(11)8-21(19-14)9-3-1-2-4-9/h7-9H,1-6H2,(H,23,24). The van der Waals surface area contributed by atoms with Crippen molar-refractivity contribution in [2.75, 3.05) is 0 Å². The Kier molecular flexibility index (Phi) is 4.10. The fourth-order valence-corrected chi connectivity index (χ4v) is 3.17. The van der Waals surface area contributed by atoms with Crippen LogP contribution in [0.25, 0.3) is 11.0 Å². The molecule has 0 radical (unpaired) electrons. The van der Waals surface area contributed by atoms with Gasteiger partial charge in [0.1, 0.15) is 0 Å². The zero-order valence-corrected chi connectivity index (χ0v) is 12.7. The molecule has 1 saturated carbocycles. The van der Waals surface area contributed by atoms with Gasteiger partial charge in [-0.3, -0.25) is 18.8 Å². The van der Waals surface area contributed by atoms with Crippen molar-refractivity contribution in [3.8, 4) is 0 Å². The van der Waals surface area contributed by atoms with E-state index in [0.717, 1.165) is 30.3 Å². The Labute approximate surface area is 134 Å². The van der Waals surface area contributed by atoms with E-state index in [9.17, 15) is 22.8 Å². The summed E-state index contributed by atoms with van der Waals surface area (Å²) in [6.07, 6.45) is -0.0879. The molecule has 0 spiro atoms. The number of carbonyl (C=O) groups is 1. The molecule has 1 aliphatic carbocycles. The van der Waals surface area contributed by atoms with E-state index < -0.39 is 23.3 Å². The average Bonchev–Trinajstić information content (AvgIpc) is 3.13. The van der Waals surface area contributed by atoms with Crippen molar-refractivity contribution in [2.24, 2.45) is 0 Å². The second-order valence-corrected chi connectivity index (χ2v) is 5.97. The number of pyridine rings is 1. The Morgan fingerprint density at radius 2 is 2.00 bits per heavy atom. The van der Waals surface area contributed by atoms with Crippen molar-refractivity contribution in [1.82, 2.24) is 14.3 Å². The van der Waals surface area contributed by atoms with Crippen LogP contribution in [0.1, 0.15) is 43.7 Å². The highest BCUT2D eigenvalue weighted by atomic mass is 19.4. The minimum absolute atomic E-state index is 0.0153. The van der Waals surface area contributed by atoms with Crippen LogP contribution in [0.2, 0.25) is 0 Å². The molecule has 0 aromatic carbocycles. The normalized spacial score (nSPS) is 16.1. The van der Waals surface area contributed by atoms with Gasteiger partial charge in [-0.05, 0) is 12.8 Å². The number of aryl methyl sites for hydroxylation is 1. The second kappa shape index (κ2) is 5.95. The Morgan fingerprint density at radius 1 is 1.33 bits per heavy atom. The number of carboxylic acids is 1. The van der Waals surface area contributed by atoms with Crippen LogP contribution in [-0.2, 0) is 17.5 Å². The Balaban J connectivity index is 2.18. The number of hydrogen-bond acceptors (Lipinski definition) is 3. The zero-order chi connectivity index (χ0) is 17.5. The maximum atomic E-state index is 13.3. The molecule has 3 rings (SSSR count). The zero-order valence-electron chi connectivity index (χ0n) is 12.7. The number of aliphatic carboxylic acids is 1. The van der Waals surface area contributed by atoms with E-state index in [4.69, 9.17) is 5.11 Å². The molecule has 9 heteroatoms. The summed E-state index contributed by atoms with van der Waals surface area (Å²) in [7, 11) is 0. The van der Waals surface area contributed by atoms with E-state index in [0.29, 0.717) is 6.07 Å². The summed E-state index contributed by atoms with van der Waals surface area (Å²) in [6, 6.07) is 0.534. The van der Waals surface area contributed by atoms with E-state index in [1.54, 1.807) is 0 Å². The molecule has 0 unspecified atom stereocenters. The van der Waals surface area contributed by atoms with Gasteiger partial charge in [0, 0.05) is 24.2 Å². The van der Waals surface area contributed by atoms with Gasteiger partial charge >= 0.3 is 12.1 Å². The summed E-state index contributed by atoms with van der Waals surface area (Å²) in [5.41, 5.74) is -2.03. The van der Waals surface area contributed by atoms with Crippen molar-refractivity contribution in [1.29, 1.82) is 0 Å². The first kappa shape index (κ1) is 16.5. The Morgan fingerprint density at radius 3 is 2.58 bits per heavy atom. The fourth-order valence-electron chi connectivity index (χ4n) is 3.17. The number of aromatic nitrogens is 3. The number of nitrogens with zero attached hydrogens (tertiary/aromatic N) is 3. The van der Waals surface area contributed by atoms with Crippen LogP contribution in [0.5, 0.6) is 0 Å². The van der Waals surface area contributed by atoms with Crippen molar-refractivity contribution < 1.29 is 23.1 Å². The predicted octanol–water partition coefficient (Wildman–Crippen LogP) is 2.81. The first-order valence-corrected chi connectivity index (χ1v) is 7.69. The Bertz CT molecular complexity index is 832. The summed E-state index contributed by atoms with van der Waals surface area (Å²) in [6.45, 7) is -0.218. The van der Waals surface area contributed by atoms with Gasteiger partial charge in [0.25, 0.3) is 5.56 Å². The maximum Gasteiger partial charge on any atom is 0.417 e. The molecule has 0 saturated heterocycles. The van der Waals surface area contributed by atoms with Gasteiger partial charge in [0.15, 0.2) is 5.65 Å². The number of hydrogen-bond donors (Lipinski definition) is 1. The molecule has 2 heterocycles.